The molecule has 1 N–H and O–H groups in total. The van der Waals surface area contributed by atoms with E-state index in [1.165, 1.54) is 6.42 Å². The highest BCUT2D eigenvalue weighted by Crippen LogP contribution is 2.38. The first-order valence-electron chi connectivity index (χ1n) is 6.27. The van der Waals surface area contributed by atoms with E-state index in [-0.39, 0.29) is 5.60 Å². The molecule has 1 aliphatic rings. The van der Waals surface area contributed by atoms with Gasteiger partial charge >= 0.3 is 0 Å². The second-order valence-corrected chi connectivity index (χ2v) is 5.79. The quantitative estimate of drug-likeness (QED) is 0.847. The van der Waals surface area contributed by atoms with Gasteiger partial charge in [0.15, 0.2) is 0 Å². The van der Waals surface area contributed by atoms with Crippen molar-refractivity contribution in [1.29, 1.82) is 0 Å². The zero-order valence-electron chi connectivity index (χ0n) is 10.8. The third kappa shape index (κ3) is 2.67. The van der Waals surface area contributed by atoms with Crippen LogP contribution in [0.25, 0.3) is 0 Å². The number of nitrogens with one attached hydrogen (secondary N) is 1. The van der Waals surface area contributed by atoms with Gasteiger partial charge < -0.3 is 10.1 Å². The van der Waals surface area contributed by atoms with E-state index < -0.39 is 0 Å². The molecule has 0 bridgehead atoms. The van der Waals surface area contributed by atoms with E-state index >= 15 is 0 Å². The second kappa shape index (κ2) is 5.42. The van der Waals surface area contributed by atoms with Crippen LogP contribution in [0.5, 0.6) is 0 Å². The molecule has 0 saturated heterocycles. The third-order valence-electron chi connectivity index (χ3n) is 3.71. The molecule has 1 unspecified atom stereocenters. The summed E-state index contributed by atoms with van der Waals surface area (Å²) in [5.41, 5.74) is 0.0537. The van der Waals surface area contributed by atoms with E-state index in [2.05, 4.69) is 22.4 Å². The minimum atomic E-state index is 0.0537. The van der Waals surface area contributed by atoms with E-state index in [1.54, 1.807) is 11.3 Å². The summed E-state index contributed by atoms with van der Waals surface area (Å²) in [6, 6.07) is 0.334. The Kier molecular flexibility index (Phi) is 4.12. The Morgan fingerprint density at radius 3 is 2.71 bits per heavy atom. The number of ether oxygens (including phenoxy) is 1. The first kappa shape index (κ1) is 12.9. The molecule has 1 fully saturated rings. The van der Waals surface area contributed by atoms with Crippen LogP contribution in [0.2, 0.25) is 0 Å². The number of hydrogen-bond donors (Lipinski definition) is 1. The average molecular weight is 255 g/mol. The predicted octanol–water partition coefficient (Wildman–Crippen LogP) is 2.32. The highest BCUT2D eigenvalue weighted by Gasteiger charge is 2.38. The maximum atomic E-state index is 5.62. The molecule has 1 heterocycles. The largest absolute Gasteiger partial charge is 0.378 e. The highest BCUT2D eigenvalue weighted by molar-refractivity contribution is 7.11. The first-order chi connectivity index (χ1) is 8.23. The number of aromatic nitrogens is 2. The number of nitrogens with zero attached hydrogens (tertiary/aromatic N) is 2. The minimum Gasteiger partial charge on any atom is -0.378 e. The van der Waals surface area contributed by atoms with Gasteiger partial charge in [0.05, 0.1) is 11.6 Å². The fourth-order valence-corrected chi connectivity index (χ4v) is 3.45. The van der Waals surface area contributed by atoms with Crippen LogP contribution in [0.4, 0.5) is 0 Å². The fraction of sp³-hybridized carbons (Fsp3) is 0.833. The van der Waals surface area contributed by atoms with Crippen LogP contribution >= 0.6 is 11.3 Å². The van der Waals surface area contributed by atoms with Gasteiger partial charge in [-0.1, -0.05) is 18.3 Å². The van der Waals surface area contributed by atoms with Crippen molar-refractivity contribution in [3.8, 4) is 0 Å². The molecular formula is C12H21N3OS. The van der Waals surface area contributed by atoms with Crippen molar-refractivity contribution in [2.75, 3.05) is 14.2 Å². The second-order valence-electron chi connectivity index (χ2n) is 4.70. The van der Waals surface area contributed by atoms with Gasteiger partial charge in [0.1, 0.15) is 10.0 Å². The van der Waals surface area contributed by atoms with Gasteiger partial charge in [-0.2, -0.15) is 0 Å². The Hall–Kier alpha value is -0.520. The van der Waals surface area contributed by atoms with Crippen LogP contribution < -0.4 is 5.32 Å². The van der Waals surface area contributed by atoms with E-state index in [0.717, 1.165) is 35.7 Å². The first-order valence-corrected chi connectivity index (χ1v) is 7.09. The van der Waals surface area contributed by atoms with Crippen LogP contribution in [0.1, 0.15) is 48.7 Å². The number of rotatable bonds is 6. The van der Waals surface area contributed by atoms with E-state index in [9.17, 15) is 0 Å². The Labute approximate surface area is 107 Å². The lowest BCUT2D eigenvalue weighted by atomic mass is 9.78. The third-order valence-corrected chi connectivity index (χ3v) is 4.75. The summed E-state index contributed by atoms with van der Waals surface area (Å²) < 4.78 is 5.62. The van der Waals surface area contributed by atoms with Crippen LogP contribution in [-0.2, 0) is 11.2 Å². The fourth-order valence-electron chi connectivity index (χ4n) is 2.28. The predicted molar refractivity (Wildman–Crippen MR) is 69.3 cm³/mol. The van der Waals surface area contributed by atoms with Crippen molar-refractivity contribution < 1.29 is 4.74 Å². The maximum absolute atomic E-state index is 5.62. The summed E-state index contributed by atoms with van der Waals surface area (Å²) in [7, 11) is 3.78. The normalized spacial score (nSPS) is 19.9. The molecule has 1 saturated carbocycles. The van der Waals surface area contributed by atoms with Crippen molar-refractivity contribution in [2.24, 2.45) is 0 Å². The van der Waals surface area contributed by atoms with Crippen molar-refractivity contribution in [3.05, 3.63) is 10.0 Å². The minimum absolute atomic E-state index is 0.0537. The molecule has 0 amide bonds. The summed E-state index contributed by atoms with van der Waals surface area (Å²) in [4.78, 5) is 0. The molecule has 1 aromatic heterocycles. The van der Waals surface area contributed by atoms with Crippen LogP contribution in [0, 0.1) is 0 Å². The molecule has 2 rings (SSSR count). The lowest BCUT2D eigenvalue weighted by Crippen LogP contribution is -2.41. The lowest BCUT2D eigenvalue weighted by Gasteiger charge is -2.39. The molecule has 1 aromatic rings. The monoisotopic (exact) mass is 255 g/mol. The van der Waals surface area contributed by atoms with E-state index in [0.29, 0.717) is 6.04 Å². The molecule has 5 heteroatoms. The lowest BCUT2D eigenvalue weighted by molar-refractivity contribution is -0.0709. The van der Waals surface area contributed by atoms with E-state index in [4.69, 9.17) is 4.74 Å². The van der Waals surface area contributed by atoms with Gasteiger partial charge in [-0.15, -0.1) is 10.2 Å². The molecule has 4 nitrogen and oxygen atoms in total. The summed E-state index contributed by atoms with van der Waals surface area (Å²) in [5.74, 6) is 0. The van der Waals surface area contributed by atoms with Gasteiger partial charge in [0, 0.05) is 13.5 Å². The molecule has 0 radical (unpaired) electrons. The Balaban J connectivity index is 2.03. The summed E-state index contributed by atoms with van der Waals surface area (Å²) in [6.07, 6.45) is 5.54. The standard InChI is InChI=1S/C12H21N3OS/c1-4-9(13-2)11-15-14-10(17-11)8-12(16-3)6-5-7-12/h9,13H,4-8H2,1-3H3. The van der Waals surface area contributed by atoms with Gasteiger partial charge in [0.2, 0.25) is 0 Å². The summed E-state index contributed by atoms with van der Waals surface area (Å²) >= 11 is 1.72. The van der Waals surface area contributed by atoms with Crippen molar-refractivity contribution in [1.82, 2.24) is 15.5 Å². The van der Waals surface area contributed by atoms with Crippen LogP contribution in [0.15, 0.2) is 0 Å². The maximum Gasteiger partial charge on any atom is 0.134 e. The van der Waals surface area contributed by atoms with Crippen molar-refractivity contribution in [3.63, 3.8) is 0 Å². The summed E-state index contributed by atoms with van der Waals surface area (Å²) in [5, 5.41) is 14.0. The van der Waals surface area contributed by atoms with Crippen molar-refractivity contribution in [2.45, 2.75) is 50.7 Å². The molecule has 96 valence electrons. The number of hydrogen-bond acceptors (Lipinski definition) is 5. The molecule has 0 aromatic carbocycles. The Morgan fingerprint density at radius 1 is 1.47 bits per heavy atom. The smallest absolute Gasteiger partial charge is 0.134 e. The average Bonchev–Trinajstić information content (AvgIpc) is 2.74. The molecular weight excluding hydrogens is 234 g/mol. The molecule has 17 heavy (non-hydrogen) atoms. The van der Waals surface area contributed by atoms with E-state index in [1.807, 2.05) is 14.2 Å². The van der Waals surface area contributed by atoms with Gasteiger partial charge in [-0.05, 0) is 32.7 Å². The SMILES string of the molecule is CCC(NC)c1nnc(CC2(OC)CCC2)s1. The van der Waals surface area contributed by atoms with Crippen LogP contribution in [0.3, 0.4) is 0 Å². The molecule has 0 aliphatic heterocycles. The zero-order chi connectivity index (χ0) is 12.3. The van der Waals surface area contributed by atoms with Gasteiger partial charge in [0.25, 0.3) is 0 Å². The Morgan fingerprint density at radius 2 is 2.24 bits per heavy atom. The zero-order valence-corrected chi connectivity index (χ0v) is 11.6. The Bertz CT molecular complexity index is 353. The molecule has 1 aliphatic carbocycles. The van der Waals surface area contributed by atoms with Gasteiger partial charge in [-0.3, -0.25) is 0 Å². The number of methoxy groups -OCH3 is 1. The van der Waals surface area contributed by atoms with Crippen LogP contribution in [-0.4, -0.2) is 30.0 Å². The summed E-state index contributed by atoms with van der Waals surface area (Å²) in [6.45, 7) is 2.16. The van der Waals surface area contributed by atoms with Crippen molar-refractivity contribution >= 4 is 11.3 Å². The highest BCUT2D eigenvalue weighted by atomic mass is 32.1. The van der Waals surface area contributed by atoms with Gasteiger partial charge in [-0.25, -0.2) is 0 Å². The topological polar surface area (TPSA) is 47.0 Å². The molecule has 0 spiro atoms. The molecule has 1 atom stereocenters.